The van der Waals surface area contributed by atoms with Gasteiger partial charge in [0.2, 0.25) is 0 Å². The van der Waals surface area contributed by atoms with E-state index in [4.69, 9.17) is 0 Å². The monoisotopic (exact) mass is 418 g/mol. The number of benzene rings is 2. The highest BCUT2D eigenvalue weighted by atomic mass is 19.4. The van der Waals surface area contributed by atoms with Gasteiger partial charge in [-0.15, -0.1) is 0 Å². The highest BCUT2D eigenvalue weighted by molar-refractivity contribution is 6.07. The Balaban J connectivity index is 1.63. The first-order chi connectivity index (χ1) is 14.3. The van der Waals surface area contributed by atoms with Crippen LogP contribution in [0.3, 0.4) is 0 Å². The molecular weight excluding hydrogens is 397 g/mol. The Labute approximate surface area is 171 Å². The fourth-order valence-electron chi connectivity index (χ4n) is 3.77. The molecule has 2 saturated heterocycles. The van der Waals surface area contributed by atoms with E-state index in [0.29, 0.717) is 24.5 Å². The van der Waals surface area contributed by atoms with E-state index in [2.05, 4.69) is 10.6 Å². The van der Waals surface area contributed by atoms with Gasteiger partial charge in [-0.25, -0.2) is 4.79 Å². The van der Waals surface area contributed by atoms with Gasteiger partial charge in [-0.2, -0.15) is 13.2 Å². The molecule has 0 radical (unpaired) electrons. The van der Waals surface area contributed by atoms with Gasteiger partial charge in [-0.1, -0.05) is 6.07 Å². The molecule has 2 aliphatic rings. The number of urea groups is 1. The van der Waals surface area contributed by atoms with Crippen molar-refractivity contribution < 1.29 is 22.8 Å². The van der Waals surface area contributed by atoms with Crippen LogP contribution in [0.4, 0.5) is 35.0 Å². The van der Waals surface area contributed by atoms with Gasteiger partial charge in [0, 0.05) is 37.4 Å². The van der Waals surface area contributed by atoms with Crippen LogP contribution in [0.15, 0.2) is 42.5 Å². The Morgan fingerprint density at radius 2 is 1.80 bits per heavy atom. The van der Waals surface area contributed by atoms with Gasteiger partial charge < -0.3 is 15.5 Å². The number of carbonyl (C=O) groups excluding carboxylic acids is 2. The molecule has 2 aromatic rings. The van der Waals surface area contributed by atoms with Crippen LogP contribution in [-0.4, -0.2) is 38.1 Å². The van der Waals surface area contributed by atoms with Crippen molar-refractivity contribution in [3.05, 3.63) is 53.6 Å². The van der Waals surface area contributed by atoms with Crippen molar-refractivity contribution in [2.75, 3.05) is 41.3 Å². The number of amides is 3. The van der Waals surface area contributed by atoms with E-state index in [1.807, 2.05) is 4.90 Å². The quantitative estimate of drug-likeness (QED) is 0.786. The van der Waals surface area contributed by atoms with E-state index in [1.54, 1.807) is 24.3 Å². The van der Waals surface area contributed by atoms with Crippen molar-refractivity contribution in [2.45, 2.75) is 19.0 Å². The van der Waals surface area contributed by atoms with Crippen molar-refractivity contribution >= 4 is 29.0 Å². The summed E-state index contributed by atoms with van der Waals surface area (Å²) in [5.41, 5.74) is 0.701. The molecule has 2 fully saturated rings. The second-order valence-electron chi connectivity index (χ2n) is 7.31. The third-order valence-electron chi connectivity index (χ3n) is 5.30. The van der Waals surface area contributed by atoms with Crippen molar-refractivity contribution in [1.29, 1.82) is 0 Å². The lowest BCUT2D eigenvalue weighted by Crippen LogP contribution is -2.28. The van der Waals surface area contributed by atoms with Crippen LogP contribution in [0.2, 0.25) is 0 Å². The zero-order valence-electron chi connectivity index (χ0n) is 16.1. The molecule has 0 spiro atoms. The molecule has 2 aliphatic heterocycles. The van der Waals surface area contributed by atoms with Gasteiger partial charge in [-0.05, 0) is 49.2 Å². The highest BCUT2D eigenvalue weighted by Crippen LogP contribution is 2.36. The molecule has 0 bridgehead atoms. The number of nitrogens with one attached hydrogen (secondary N) is 2. The number of hydrogen-bond acceptors (Lipinski definition) is 3. The highest BCUT2D eigenvalue weighted by Gasteiger charge is 2.32. The summed E-state index contributed by atoms with van der Waals surface area (Å²) in [6.07, 6.45) is -2.60. The largest absolute Gasteiger partial charge is 0.416 e. The maximum atomic E-state index is 13.2. The summed E-state index contributed by atoms with van der Waals surface area (Å²) < 4.78 is 39.7. The molecule has 0 aromatic heterocycles. The Hall–Kier alpha value is -3.23. The van der Waals surface area contributed by atoms with Crippen LogP contribution in [0.25, 0.3) is 0 Å². The maximum Gasteiger partial charge on any atom is 0.416 e. The maximum absolute atomic E-state index is 13.2. The van der Waals surface area contributed by atoms with Gasteiger partial charge >= 0.3 is 12.2 Å². The molecule has 158 valence electrons. The predicted octanol–water partition coefficient (Wildman–Crippen LogP) is 4.09. The van der Waals surface area contributed by atoms with Crippen LogP contribution in [0.1, 0.15) is 28.8 Å². The third kappa shape index (κ3) is 4.05. The smallest absolute Gasteiger partial charge is 0.370 e. The summed E-state index contributed by atoms with van der Waals surface area (Å²) >= 11 is 0. The molecule has 6 nitrogen and oxygen atoms in total. The fourth-order valence-corrected chi connectivity index (χ4v) is 3.77. The molecular formula is C21H21F3N4O2. The number of nitrogens with zero attached hydrogens (tertiary/aromatic N) is 2. The lowest BCUT2D eigenvalue weighted by molar-refractivity contribution is -0.137. The summed E-state index contributed by atoms with van der Waals surface area (Å²) in [5, 5.41) is 5.34. The molecule has 0 saturated carbocycles. The summed E-state index contributed by atoms with van der Waals surface area (Å²) in [7, 11) is 0. The number of alkyl halides is 3. The van der Waals surface area contributed by atoms with Crippen molar-refractivity contribution in [1.82, 2.24) is 5.32 Å². The zero-order valence-corrected chi connectivity index (χ0v) is 16.1. The SMILES string of the molecule is O=C(Nc1cc(C(F)(F)F)ccc1N1CCCC1)c1cccc(N2CCNC2=O)c1. The molecule has 2 N–H and O–H groups in total. The number of halogens is 3. The van der Waals surface area contributed by atoms with Crippen molar-refractivity contribution in [3.63, 3.8) is 0 Å². The summed E-state index contributed by atoms with van der Waals surface area (Å²) in [6.45, 7) is 2.46. The minimum absolute atomic E-state index is 0.126. The number of carbonyl (C=O) groups is 2. The first-order valence-corrected chi connectivity index (χ1v) is 9.76. The second kappa shape index (κ2) is 7.89. The van der Waals surface area contributed by atoms with E-state index < -0.39 is 17.6 Å². The van der Waals surface area contributed by atoms with Crippen molar-refractivity contribution in [2.24, 2.45) is 0 Å². The van der Waals surface area contributed by atoms with Crippen LogP contribution in [0.5, 0.6) is 0 Å². The van der Waals surface area contributed by atoms with Crippen molar-refractivity contribution in [3.8, 4) is 0 Å². The Morgan fingerprint density at radius 1 is 1.03 bits per heavy atom. The molecule has 30 heavy (non-hydrogen) atoms. The average Bonchev–Trinajstić information content (AvgIpc) is 3.39. The fraction of sp³-hybridized carbons (Fsp3) is 0.333. The van der Waals surface area contributed by atoms with E-state index >= 15 is 0 Å². The average molecular weight is 418 g/mol. The number of hydrogen-bond donors (Lipinski definition) is 2. The van der Waals surface area contributed by atoms with Crippen LogP contribution < -0.4 is 20.4 Å². The van der Waals surface area contributed by atoms with Crippen LogP contribution in [0, 0.1) is 0 Å². The number of rotatable bonds is 4. The molecule has 0 aliphatic carbocycles. The molecule has 3 amide bonds. The molecule has 9 heteroatoms. The molecule has 2 heterocycles. The van der Waals surface area contributed by atoms with E-state index in [-0.39, 0.29) is 17.3 Å². The zero-order chi connectivity index (χ0) is 21.3. The van der Waals surface area contributed by atoms with Gasteiger partial charge in [0.05, 0.1) is 16.9 Å². The molecule has 2 aromatic carbocycles. The lowest BCUT2D eigenvalue weighted by Gasteiger charge is -2.23. The topological polar surface area (TPSA) is 64.7 Å². The minimum Gasteiger partial charge on any atom is -0.370 e. The molecule has 0 atom stereocenters. The van der Waals surface area contributed by atoms with Crippen LogP contribution in [-0.2, 0) is 6.18 Å². The normalized spacial score (nSPS) is 16.7. The second-order valence-corrected chi connectivity index (χ2v) is 7.31. The minimum atomic E-state index is -4.51. The summed E-state index contributed by atoms with van der Waals surface area (Å²) in [5.74, 6) is -0.531. The first-order valence-electron chi connectivity index (χ1n) is 9.76. The first kappa shape index (κ1) is 20.1. The number of anilines is 3. The summed E-state index contributed by atoms with van der Waals surface area (Å²) in [4.78, 5) is 28.2. The standard InChI is InChI=1S/C21H21F3N4O2/c22-21(23,24)15-6-7-18(27-9-1-2-10-27)17(13-15)26-19(29)14-4-3-5-16(12-14)28-11-8-25-20(28)30/h3-7,12-13H,1-2,8-11H2,(H,25,30)(H,26,29). The van der Waals surface area contributed by atoms with E-state index in [9.17, 15) is 22.8 Å². The molecule has 0 unspecified atom stereocenters. The van der Waals surface area contributed by atoms with Gasteiger partial charge in [-0.3, -0.25) is 9.69 Å². The van der Waals surface area contributed by atoms with Gasteiger partial charge in [0.25, 0.3) is 5.91 Å². The van der Waals surface area contributed by atoms with Gasteiger partial charge in [0.15, 0.2) is 0 Å². The Kier molecular flexibility index (Phi) is 5.27. The van der Waals surface area contributed by atoms with E-state index in [1.165, 1.54) is 11.0 Å². The molecule has 4 rings (SSSR count). The van der Waals surface area contributed by atoms with Crippen LogP contribution >= 0.6 is 0 Å². The van der Waals surface area contributed by atoms with E-state index in [0.717, 1.165) is 38.1 Å². The Bertz CT molecular complexity index is 971. The Morgan fingerprint density at radius 3 is 2.47 bits per heavy atom. The third-order valence-corrected chi connectivity index (χ3v) is 5.30. The van der Waals surface area contributed by atoms with Gasteiger partial charge in [0.1, 0.15) is 0 Å². The predicted molar refractivity (Wildman–Crippen MR) is 108 cm³/mol. The summed E-state index contributed by atoms with van der Waals surface area (Å²) in [6, 6.07) is 9.65. The lowest BCUT2D eigenvalue weighted by atomic mass is 10.1.